The van der Waals surface area contributed by atoms with Crippen LogP contribution in [0.5, 0.6) is 5.75 Å². The molecule has 0 bridgehead atoms. The number of halogens is 1. The highest BCUT2D eigenvalue weighted by Gasteiger charge is 2.24. The number of anilines is 1. The van der Waals surface area contributed by atoms with Crippen LogP contribution >= 0.6 is 0 Å². The maximum atomic E-state index is 13.1. The Morgan fingerprint density at radius 2 is 1.84 bits per heavy atom. The summed E-state index contributed by atoms with van der Waals surface area (Å²) in [5.41, 5.74) is 1.64. The Kier molecular flexibility index (Phi) is 7.72. The second-order valence-electron chi connectivity index (χ2n) is 7.61. The molecular formula is C23H27FN4O3. The minimum atomic E-state index is -0.351. The topological polar surface area (TPSA) is 74.2 Å². The fraction of sp³-hybridized carbons (Fsp3) is 0.348. The van der Waals surface area contributed by atoms with Crippen molar-refractivity contribution in [2.75, 3.05) is 32.6 Å². The number of amides is 2. The van der Waals surface area contributed by atoms with Gasteiger partial charge in [-0.25, -0.2) is 9.40 Å². The predicted octanol–water partition coefficient (Wildman–Crippen LogP) is 3.27. The van der Waals surface area contributed by atoms with E-state index in [9.17, 15) is 14.0 Å². The molecule has 1 aliphatic heterocycles. The molecule has 164 valence electrons. The summed E-state index contributed by atoms with van der Waals surface area (Å²) in [6.45, 7) is 1.77. The Bertz CT molecular complexity index is 927. The van der Waals surface area contributed by atoms with Gasteiger partial charge in [-0.3, -0.25) is 9.59 Å². The first-order valence-electron chi connectivity index (χ1n) is 10.2. The fourth-order valence-electron chi connectivity index (χ4n) is 3.06. The fourth-order valence-corrected chi connectivity index (χ4v) is 3.06. The summed E-state index contributed by atoms with van der Waals surface area (Å²) >= 11 is 0. The minimum Gasteiger partial charge on any atom is -0.494 e. The largest absolute Gasteiger partial charge is 0.494 e. The van der Waals surface area contributed by atoms with Crippen LogP contribution in [0.1, 0.15) is 24.8 Å². The third-order valence-corrected chi connectivity index (χ3v) is 4.74. The number of carbonyl (C=O) groups excluding carboxylic acids is 2. The van der Waals surface area contributed by atoms with E-state index in [-0.39, 0.29) is 42.7 Å². The van der Waals surface area contributed by atoms with Crippen LogP contribution in [0.15, 0.2) is 53.6 Å². The second kappa shape index (κ2) is 10.7. The average molecular weight is 426 g/mol. The van der Waals surface area contributed by atoms with E-state index in [4.69, 9.17) is 4.74 Å². The van der Waals surface area contributed by atoms with Gasteiger partial charge >= 0.3 is 0 Å². The van der Waals surface area contributed by atoms with E-state index in [1.165, 1.54) is 17.1 Å². The summed E-state index contributed by atoms with van der Waals surface area (Å²) in [7, 11) is 4.04. The van der Waals surface area contributed by atoms with Gasteiger partial charge in [0, 0.05) is 25.1 Å². The zero-order chi connectivity index (χ0) is 22.2. The van der Waals surface area contributed by atoms with Crippen LogP contribution in [0.4, 0.5) is 10.1 Å². The lowest BCUT2D eigenvalue weighted by Gasteiger charge is -2.23. The molecule has 31 heavy (non-hydrogen) atoms. The third kappa shape index (κ3) is 6.89. The van der Waals surface area contributed by atoms with Crippen molar-refractivity contribution in [3.05, 3.63) is 59.9 Å². The molecule has 0 aromatic heterocycles. The number of benzene rings is 2. The molecule has 0 radical (unpaired) electrons. The van der Waals surface area contributed by atoms with Crippen molar-refractivity contribution >= 4 is 23.2 Å². The van der Waals surface area contributed by atoms with Crippen molar-refractivity contribution in [2.24, 2.45) is 5.10 Å². The summed E-state index contributed by atoms with van der Waals surface area (Å²) in [5, 5.41) is 8.29. The van der Waals surface area contributed by atoms with Crippen LogP contribution < -0.4 is 10.1 Å². The standard InChI is InChI=1S/C23H27FN4O3/c1-27(2)14-3-15-31-20-10-8-19(9-11-20)25-23(30)21-12-13-22(29)28(26-21)16-17-4-6-18(24)7-5-17/h4-11H,3,12-16H2,1-2H3,(H,25,30). The van der Waals surface area contributed by atoms with Gasteiger partial charge in [-0.2, -0.15) is 5.10 Å². The summed E-state index contributed by atoms with van der Waals surface area (Å²) < 4.78 is 18.8. The first-order chi connectivity index (χ1) is 14.9. The van der Waals surface area contributed by atoms with Gasteiger partial charge in [-0.1, -0.05) is 12.1 Å². The van der Waals surface area contributed by atoms with Crippen molar-refractivity contribution in [2.45, 2.75) is 25.8 Å². The third-order valence-electron chi connectivity index (χ3n) is 4.74. The molecule has 0 saturated carbocycles. The zero-order valence-corrected chi connectivity index (χ0v) is 17.8. The Balaban J connectivity index is 1.56. The number of carbonyl (C=O) groups is 2. The lowest BCUT2D eigenvalue weighted by molar-refractivity contribution is -0.132. The quantitative estimate of drug-likeness (QED) is 0.625. The minimum absolute atomic E-state index is 0.170. The van der Waals surface area contributed by atoms with E-state index in [0.717, 1.165) is 24.3 Å². The van der Waals surface area contributed by atoms with E-state index in [2.05, 4.69) is 15.3 Å². The van der Waals surface area contributed by atoms with Gasteiger partial charge in [0.05, 0.1) is 13.2 Å². The summed E-state index contributed by atoms with van der Waals surface area (Å²) in [6, 6.07) is 13.0. The molecule has 2 aromatic carbocycles. The Labute approximate surface area is 181 Å². The summed E-state index contributed by atoms with van der Waals surface area (Å²) in [6.07, 6.45) is 1.41. The molecule has 2 aromatic rings. The molecule has 3 rings (SSSR count). The normalized spacial score (nSPS) is 13.9. The maximum absolute atomic E-state index is 13.1. The van der Waals surface area contributed by atoms with Crippen molar-refractivity contribution in [3.63, 3.8) is 0 Å². The maximum Gasteiger partial charge on any atom is 0.271 e. The van der Waals surface area contributed by atoms with Gasteiger partial charge in [0.25, 0.3) is 5.91 Å². The first-order valence-corrected chi connectivity index (χ1v) is 10.2. The van der Waals surface area contributed by atoms with Gasteiger partial charge in [-0.15, -0.1) is 0 Å². The molecule has 0 spiro atoms. The van der Waals surface area contributed by atoms with Gasteiger partial charge < -0.3 is 15.0 Å². The van der Waals surface area contributed by atoms with E-state index in [1.54, 1.807) is 36.4 Å². The monoisotopic (exact) mass is 426 g/mol. The average Bonchev–Trinajstić information content (AvgIpc) is 2.75. The molecule has 2 amide bonds. The van der Waals surface area contributed by atoms with Crippen LogP contribution in [0.2, 0.25) is 0 Å². The molecular weight excluding hydrogens is 399 g/mol. The Hall–Kier alpha value is -3.26. The van der Waals surface area contributed by atoms with Gasteiger partial charge in [0.2, 0.25) is 5.91 Å². The van der Waals surface area contributed by atoms with E-state index in [0.29, 0.717) is 12.3 Å². The molecule has 0 fully saturated rings. The van der Waals surface area contributed by atoms with E-state index < -0.39 is 0 Å². The molecule has 8 heteroatoms. The molecule has 0 atom stereocenters. The molecule has 7 nitrogen and oxygen atoms in total. The Morgan fingerprint density at radius 1 is 1.13 bits per heavy atom. The number of ether oxygens (including phenoxy) is 1. The molecule has 0 unspecified atom stereocenters. The lowest BCUT2D eigenvalue weighted by Crippen LogP contribution is -2.36. The smallest absolute Gasteiger partial charge is 0.271 e. The molecule has 0 saturated heterocycles. The molecule has 1 N–H and O–H groups in total. The SMILES string of the molecule is CN(C)CCCOc1ccc(NC(=O)C2=NN(Cc3ccc(F)cc3)C(=O)CC2)cc1. The molecule has 0 aliphatic carbocycles. The number of hydrogen-bond donors (Lipinski definition) is 1. The first kappa shape index (κ1) is 22.4. The highest BCUT2D eigenvalue weighted by atomic mass is 19.1. The lowest BCUT2D eigenvalue weighted by atomic mass is 10.1. The highest BCUT2D eigenvalue weighted by molar-refractivity contribution is 6.43. The van der Waals surface area contributed by atoms with Crippen LogP contribution in [-0.4, -0.2) is 54.7 Å². The van der Waals surface area contributed by atoms with Crippen molar-refractivity contribution < 1.29 is 18.7 Å². The summed E-state index contributed by atoms with van der Waals surface area (Å²) in [4.78, 5) is 26.9. The van der Waals surface area contributed by atoms with E-state index in [1.807, 2.05) is 14.1 Å². The molecule has 1 aliphatic rings. The summed E-state index contributed by atoms with van der Waals surface area (Å²) in [5.74, 6) is -0.127. The Morgan fingerprint density at radius 3 is 2.52 bits per heavy atom. The number of rotatable bonds is 9. The van der Waals surface area contributed by atoms with Crippen molar-refractivity contribution in [3.8, 4) is 5.75 Å². The van der Waals surface area contributed by atoms with Crippen molar-refractivity contribution in [1.29, 1.82) is 0 Å². The number of hydrogen-bond acceptors (Lipinski definition) is 5. The van der Waals surface area contributed by atoms with Crippen LogP contribution in [0, 0.1) is 5.82 Å². The second-order valence-corrected chi connectivity index (χ2v) is 7.61. The molecule has 1 heterocycles. The van der Waals surface area contributed by atoms with Crippen LogP contribution in [-0.2, 0) is 16.1 Å². The predicted molar refractivity (Wildman–Crippen MR) is 117 cm³/mol. The zero-order valence-electron chi connectivity index (χ0n) is 17.8. The van der Waals surface area contributed by atoms with Gasteiger partial charge in [0.15, 0.2) is 0 Å². The number of hydrazone groups is 1. The van der Waals surface area contributed by atoms with E-state index >= 15 is 0 Å². The highest BCUT2D eigenvalue weighted by Crippen LogP contribution is 2.18. The van der Waals surface area contributed by atoms with Gasteiger partial charge in [0.1, 0.15) is 17.3 Å². The van der Waals surface area contributed by atoms with Crippen LogP contribution in [0.3, 0.4) is 0 Å². The number of nitrogens with zero attached hydrogens (tertiary/aromatic N) is 3. The van der Waals surface area contributed by atoms with Crippen LogP contribution in [0.25, 0.3) is 0 Å². The number of nitrogens with one attached hydrogen (secondary N) is 1. The van der Waals surface area contributed by atoms with Gasteiger partial charge in [-0.05, 0) is 62.5 Å². The van der Waals surface area contributed by atoms with Crippen molar-refractivity contribution in [1.82, 2.24) is 9.91 Å².